The molecule has 2 aromatic carbocycles. The monoisotopic (exact) mass is 278 g/mol. The number of hydrogen-bond donors (Lipinski definition) is 1. The summed E-state index contributed by atoms with van der Waals surface area (Å²) in [6.07, 6.45) is 3.60. The van der Waals surface area contributed by atoms with E-state index in [1.807, 2.05) is 0 Å². The summed E-state index contributed by atoms with van der Waals surface area (Å²) in [5.41, 5.74) is 12.4. The van der Waals surface area contributed by atoms with Gasteiger partial charge in [-0.25, -0.2) is 0 Å². The summed E-state index contributed by atoms with van der Waals surface area (Å²) in [5, 5.41) is 0. The van der Waals surface area contributed by atoms with E-state index in [1.54, 1.807) is 0 Å². The Balaban J connectivity index is 1.62. The van der Waals surface area contributed by atoms with E-state index in [0.717, 1.165) is 13.1 Å². The van der Waals surface area contributed by atoms with Crippen LogP contribution in [0.5, 0.6) is 0 Å². The van der Waals surface area contributed by atoms with Crippen LogP contribution in [0.25, 0.3) is 0 Å². The Hall–Kier alpha value is -1.64. The lowest BCUT2D eigenvalue weighted by Gasteiger charge is -2.31. The van der Waals surface area contributed by atoms with Crippen molar-refractivity contribution in [3.8, 4) is 0 Å². The Morgan fingerprint density at radius 3 is 2.19 bits per heavy atom. The fraction of sp³-hybridized carbons (Fsp3) is 0.368. The van der Waals surface area contributed by atoms with Gasteiger partial charge in [0.15, 0.2) is 0 Å². The molecule has 0 spiro atoms. The summed E-state index contributed by atoms with van der Waals surface area (Å²) in [6, 6.07) is 18.1. The van der Waals surface area contributed by atoms with E-state index in [-0.39, 0.29) is 6.04 Å². The highest BCUT2D eigenvalue weighted by molar-refractivity contribution is 5.34. The smallest absolute Gasteiger partial charge is 0.0456 e. The van der Waals surface area contributed by atoms with Crippen molar-refractivity contribution < 1.29 is 0 Å². The molecule has 0 amide bonds. The first kappa shape index (κ1) is 13.1. The zero-order valence-corrected chi connectivity index (χ0v) is 12.3. The topological polar surface area (TPSA) is 29.3 Å². The zero-order valence-electron chi connectivity index (χ0n) is 12.3. The molecule has 1 aliphatic heterocycles. The fourth-order valence-corrected chi connectivity index (χ4v) is 3.98. The molecule has 0 saturated heterocycles. The molecule has 108 valence electrons. The van der Waals surface area contributed by atoms with Crippen LogP contribution in [0.1, 0.15) is 41.1 Å². The maximum Gasteiger partial charge on any atom is 0.0456 e. The predicted molar refractivity (Wildman–Crippen MR) is 85.8 cm³/mol. The first-order chi connectivity index (χ1) is 10.3. The van der Waals surface area contributed by atoms with E-state index in [2.05, 4.69) is 53.4 Å². The molecule has 0 fully saturated rings. The van der Waals surface area contributed by atoms with Gasteiger partial charge in [0.2, 0.25) is 0 Å². The number of benzene rings is 2. The zero-order chi connectivity index (χ0) is 14.2. The minimum atomic E-state index is 0.137. The van der Waals surface area contributed by atoms with E-state index < -0.39 is 0 Å². The lowest BCUT2D eigenvalue weighted by Crippen LogP contribution is -2.39. The number of hydrogen-bond acceptors (Lipinski definition) is 2. The second-order valence-corrected chi connectivity index (χ2v) is 6.36. The van der Waals surface area contributed by atoms with Crippen molar-refractivity contribution in [3.05, 3.63) is 70.8 Å². The Morgan fingerprint density at radius 1 is 0.857 bits per heavy atom. The van der Waals surface area contributed by atoms with Gasteiger partial charge in [-0.05, 0) is 41.5 Å². The SMILES string of the molecule is NC1c2ccccc2CCCC1N1Cc2ccccc2C1. The van der Waals surface area contributed by atoms with Crippen LogP contribution >= 0.6 is 0 Å². The van der Waals surface area contributed by atoms with Gasteiger partial charge in [-0.1, -0.05) is 48.5 Å². The molecule has 0 saturated carbocycles. The van der Waals surface area contributed by atoms with Crippen LogP contribution in [0.3, 0.4) is 0 Å². The van der Waals surface area contributed by atoms with Gasteiger partial charge in [0.25, 0.3) is 0 Å². The minimum absolute atomic E-state index is 0.137. The van der Waals surface area contributed by atoms with Gasteiger partial charge < -0.3 is 5.73 Å². The molecule has 2 nitrogen and oxygen atoms in total. The van der Waals surface area contributed by atoms with Crippen molar-refractivity contribution in [2.75, 3.05) is 0 Å². The third-order valence-corrected chi connectivity index (χ3v) is 5.11. The van der Waals surface area contributed by atoms with Gasteiger partial charge in [-0.15, -0.1) is 0 Å². The molecule has 0 bridgehead atoms. The number of nitrogens with zero attached hydrogens (tertiary/aromatic N) is 1. The molecule has 1 heterocycles. The summed E-state index contributed by atoms with van der Waals surface area (Å²) in [6.45, 7) is 2.10. The number of nitrogens with two attached hydrogens (primary N) is 1. The first-order valence-corrected chi connectivity index (χ1v) is 7.97. The van der Waals surface area contributed by atoms with Crippen molar-refractivity contribution in [2.45, 2.75) is 44.4 Å². The lowest BCUT2D eigenvalue weighted by molar-refractivity contribution is 0.163. The van der Waals surface area contributed by atoms with Crippen molar-refractivity contribution >= 4 is 0 Å². The highest BCUT2D eigenvalue weighted by atomic mass is 15.2. The molecule has 21 heavy (non-hydrogen) atoms. The molecule has 2 unspecified atom stereocenters. The molecule has 1 aliphatic carbocycles. The Labute approximate surface area is 126 Å². The summed E-state index contributed by atoms with van der Waals surface area (Å²) < 4.78 is 0. The highest BCUT2D eigenvalue weighted by Crippen LogP contribution is 2.34. The maximum absolute atomic E-state index is 6.66. The van der Waals surface area contributed by atoms with Crippen LogP contribution in [-0.4, -0.2) is 10.9 Å². The van der Waals surface area contributed by atoms with Crippen LogP contribution in [0.15, 0.2) is 48.5 Å². The van der Waals surface area contributed by atoms with E-state index in [1.165, 1.54) is 41.5 Å². The van der Waals surface area contributed by atoms with E-state index in [4.69, 9.17) is 5.73 Å². The van der Waals surface area contributed by atoms with Crippen LogP contribution < -0.4 is 5.73 Å². The van der Waals surface area contributed by atoms with E-state index in [0.29, 0.717) is 6.04 Å². The minimum Gasteiger partial charge on any atom is -0.323 e. The second-order valence-electron chi connectivity index (χ2n) is 6.36. The summed E-state index contributed by atoms with van der Waals surface area (Å²) >= 11 is 0. The average Bonchev–Trinajstić information content (AvgIpc) is 2.87. The van der Waals surface area contributed by atoms with Gasteiger partial charge in [0.1, 0.15) is 0 Å². The maximum atomic E-state index is 6.66. The Morgan fingerprint density at radius 2 is 1.48 bits per heavy atom. The largest absolute Gasteiger partial charge is 0.323 e. The summed E-state index contributed by atoms with van der Waals surface area (Å²) in [4.78, 5) is 2.58. The highest BCUT2D eigenvalue weighted by Gasteiger charge is 2.32. The number of aryl methyl sites for hydroxylation is 1. The summed E-state index contributed by atoms with van der Waals surface area (Å²) in [5.74, 6) is 0. The molecule has 2 atom stereocenters. The van der Waals surface area contributed by atoms with Crippen molar-refractivity contribution in [2.24, 2.45) is 5.73 Å². The quantitative estimate of drug-likeness (QED) is 0.810. The van der Waals surface area contributed by atoms with E-state index in [9.17, 15) is 0 Å². The Bertz CT molecular complexity index is 625. The molecular weight excluding hydrogens is 256 g/mol. The van der Waals surface area contributed by atoms with Gasteiger partial charge in [-0.2, -0.15) is 0 Å². The molecular formula is C19H22N2. The molecule has 2 aliphatic rings. The molecule has 0 radical (unpaired) electrons. The first-order valence-electron chi connectivity index (χ1n) is 7.97. The Kier molecular flexibility index (Phi) is 3.28. The van der Waals surface area contributed by atoms with Crippen LogP contribution in [0.2, 0.25) is 0 Å². The second kappa shape index (κ2) is 5.28. The van der Waals surface area contributed by atoms with Crippen molar-refractivity contribution in [3.63, 3.8) is 0 Å². The van der Waals surface area contributed by atoms with E-state index >= 15 is 0 Å². The third-order valence-electron chi connectivity index (χ3n) is 5.11. The van der Waals surface area contributed by atoms with Crippen LogP contribution in [0, 0.1) is 0 Å². The van der Waals surface area contributed by atoms with Crippen LogP contribution in [0.4, 0.5) is 0 Å². The van der Waals surface area contributed by atoms with Crippen LogP contribution in [-0.2, 0) is 19.5 Å². The van der Waals surface area contributed by atoms with Gasteiger partial charge in [0, 0.05) is 25.2 Å². The third kappa shape index (κ3) is 2.29. The standard InChI is InChI=1S/C19H22N2/c20-19-17-10-4-3-6-14(17)9-5-11-18(19)21-12-15-7-1-2-8-16(15)13-21/h1-4,6-8,10,18-19H,5,9,11-13,20H2. The number of rotatable bonds is 1. The summed E-state index contributed by atoms with van der Waals surface area (Å²) in [7, 11) is 0. The normalized spacial score (nSPS) is 25.2. The van der Waals surface area contributed by atoms with Crippen molar-refractivity contribution in [1.29, 1.82) is 0 Å². The van der Waals surface area contributed by atoms with Gasteiger partial charge >= 0.3 is 0 Å². The molecule has 2 aromatic rings. The average molecular weight is 278 g/mol. The predicted octanol–water partition coefficient (Wildman–Crippen LogP) is 3.41. The molecule has 2 N–H and O–H groups in total. The van der Waals surface area contributed by atoms with Gasteiger partial charge in [-0.3, -0.25) is 4.90 Å². The lowest BCUT2D eigenvalue weighted by atomic mass is 9.96. The number of fused-ring (bicyclic) bond motifs is 2. The molecule has 4 rings (SSSR count). The molecule has 0 aromatic heterocycles. The fourth-order valence-electron chi connectivity index (χ4n) is 3.98. The van der Waals surface area contributed by atoms with Gasteiger partial charge in [0.05, 0.1) is 0 Å². The molecule has 2 heteroatoms. The van der Waals surface area contributed by atoms with Crippen molar-refractivity contribution in [1.82, 2.24) is 4.90 Å².